The van der Waals surface area contributed by atoms with Gasteiger partial charge in [-0.25, -0.2) is 8.42 Å². The van der Waals surface area contributed by atoms with Gasteiger partial charge in [0.25, 0.3) is 0 Å². The van der Waals surface area contributed by atoms with E-state index in [9.17, 15) is 17.2 Å². The number of aromatic nitrogens is 2. The average Bonchev–Trinajstić information content (AvgIpc) is 3.03. The van der Waals surface area contributed by atoms with Crippen LogP contribution in [0.3, 0.4) is 0 Å². The van der Waals surface area contributed by atoms with Gasteiger partial charge in [-0.2, -0.15) is 13.8 Å². The molecule has 0 fully saturated rings. The van der Waals surface area contributed by atoms with E-state index in [1.54, 1.807) is 24.3 Å². The standard InChI is InChI=1S/C13H14ClF2N3O4S/c1-3-24(20,21)19(22-2)8-9-4-6-10(7-5-9)11-17-12(23-18-11)13(14,15)16/h4-7H,3,8H2,1-2H3. The van der Waals surface area contributed by atoms with Crippen LogP contribution in [0.1, 0.15) is 18.4 Å². The molecule has 0 saturated heterocycles. The maximum atomic E-state index is 12.9. The summed E-state index contributed by atoms with van der Waals surface area (Å²) in [4.78, 5) is 8.39. The van der Waals surface area contributed by atoms with E-state index in [0.29, 0.717) is 11.1 Å². The van der Waals surface area contributed by atoms with Crippen LogP contribution in [0, 0.1) is 0 Å². The molecule has 0 amide bonds. The number of halogens is 3. The van der Waals surface area contributed by atoms with E-state index in [-0.39, 0.29) is 18.1 Å². The van der Waals surface area contributed by atoms with Gasteiger partial charge < -0.3 is 4.52 Å². The van der Waals surface area contributed by atoms with Crippen LogP contribution < -0.4 is 0 Å². The van der Waals surface area contributed by atoms with Crippen molar-refractivity contribution in [1.82, 2.24) is 14.6 Å². The molecule has 2 aromatic rings. The fourth-order valence-electron chi connectivity index (χ4n) is 1.78. The van der Waals surface area contributed by atoms with Gasteiger partial charge in [-0.15, -0.1) is 0 Å². The first-order valence-corrected chi connectivity index (χ1v) is 8.71. The predicted molar refractivity (Wildman–Crippen MR) is 81.5 cm³/mol. The summed E-state index contributed by atoms with van der Waals surface area (Å²) in [6.07, 6.45) is 0. The van der Waals surface area contributed by atoms with E-state index in [2.05, 4.69) is 14.7 Å². The highest BCUT2D eigenvalue weighted by Gasteiger charge is 2.35. The second kappa shape index (κ2) is 7.09. The van der Waals surface area contributed by atoms with Gasteiger partial charge in [0.1, 0.15) is 0 Å². The normalized spacial score (nSPS) is 12.8. The van der Waals surface area contributed by atoms with E-state index in [1.165, 1.54) is 14.0 Å². The Labute approximate surface area is 142 Å². The fraction of sp³-hybridized carbons (Fsp3) is 0.385. The smallest absolute Gasteiger partial charge is 0.331 e. The molecule has 1 aromatic heterocycles. The summed E-state index contributed by atoms with van der Waals surface area (Å²) < 4.78 is 54.6. The zero-order chi connectivity index (χ0) is 18.0. The summed E-state index contributed by atoms with van der Waals surface area (Å²) in [6.45, 7) is 1.51. The summed E-state index contributed by atoms with van der Waals surface area (Å²) in [5.74, 6) is -1.15. The number of hydrogen-bond donors (Lipinski definition) is 0. The Morgan fingerprint density at radius 3 is 2.42 bits per heavy atom. The molecule has 0 atom stereocenters. The summed E-state index contributed by atoms with van der Waals surface area (Å²) in [7, 11) is -2.25. The van der Waals surface area contributed by atoms with E-state index >= 15 is 0 Å². The van der Waals surface area contributed by atoms with Gasteiger partial charge in [0.05, 0.1) is 19.4 Å². The molecule has 24 heavy (non-hydrogen) atoms. The molecule has 132 valence electrons. The van der Waals surface area contributed by atoms with Gasteiger partial charge in [-0.1, -0.05) is 33.9 Å². The molecular weight excluding hydrogens is 368 g/mol. The van der Waals surface area contributed by atoms with Gasteiger partial charge in [-0.3, -0.25) is 4.84 Å². The summed E-state index contributed by atoms with van der Waals surface area (Å²) >= 11 is 4.81. The van der Waals surface area contributed by atoms with Crippen LogP contribution in [0.25, 0.3) is 11.4 Å². The van der Waals surface area contributed by atoms with Crippen molar-refractivity contribution in [1.29, 1.82) is 0 Å². The second-order valence-corrected chi connectivity index (χ2v) is 7.28. The van der Waals surface area contributed by atoms with Crippen LogP contribution in [0.5, 0.6) is 0 Å². The Bertz CT molecular complexity index is 790. The van der Waals surface area contributed by atoms with Crippen LogP contribution in [0.2, 0.25) is 0 Å². The number of sulfonamides is 1. The molecule has 0 unspecified atom stereocenters. The van der Waals surface area contributed by atoms with Crippen molar-refractivity contribution in [3.8, 4) is 11.4 Å². The number of hydroxylamine groups is 1. The van der Waals surface area contributed by atoms with Crippen LogP contribution in [0.15, 0.2) is 28.8 Å². The monoisotopic (exact) mass is 381 g/mol. The van der Waals surface area contributed by atoms with Crippen molar-refractivity contribution in [2.24, 2.45) is 0 Å². The van der Waals surface area contributed by atoms with Crippen molar-refractivity contribution >= 4 is 21.6 Å². The number of hydrogen-bond acceptors (Lipinski definition) is 6. The highest BCUT2D eigenvalue weighted by molar-refractivity contribution is 7.88. The third-order valence-electron chi connectivity index (χ3n) is 3.07. The zero-order valence-corrected chi connectivity index (χ0v) is 14.3. The van der Waals surface area contributed by atoms with E-state index < -0.39 is 21.3 Å². The third-order valence-corrected chi connectivity index (χ3v) is 4.86. The Morgan fingerprint density at radius 2 is 1.96 bits per heavy atom. The first kappa shape index (κ1) is 18.7. The lowest BCUT2D eigenvalue weighted by atomic mass is 10.1. The maximum Gasteiger partial charge on any atom is 0.400 e. The molecule has 0 N–H and O–H groups in total. The van der Waals surface area contributed by atoms with Gasteiger partial charge in [0.2, 0.25) is 15.8 Å². The molecule has 2 rings (SSSR count). The number of alkyl halides is 3. The highest BCUT2D eigenvalue weighted by Crippen LogP contribution is 2.32. The average molecular weight is 382 g/mol. The van der Waals surface area contributed by atoms with Crippen LogP contribution in [-0.2, 0) is 26.8 Å². The first-order valence-electron chi connectivity index (χ1n) is 6.72. The lowest BCUT2D eigenvalue weighted by Gasteiger charge is -2.18. The molecule has 0 saturated carbocycles. The molecule has 0 radical (unpaired) electrons. The Balaban J connectivity index is 2.17. The summed E-state index contributed by atoms with van der Waals surface area (Å²) in [5, 5.41) is -0.307. The van der Waals surface area contributed by atoms with Gasteiger partial charge in [0.15, 0.2) is 0 Å². The van der Waals surface area contributed by atoms with Gasteiger partial charge in [0, 0.05) is 5.56 Å². The summed E-state index contributed by atoms with van der Waals surface area (Å²) in [6, 6.07) is 6.29. The van der Waals surface area contributed by atoms with Crippen LogP contribution in [-0.4, -0.2) is 35.9 Å². The quantitative estimate of drug-likeness (QED) is 0.541. The Morgan fingerprint density at radius 1 is 1.33 bits per heavy atom. The Kier molecular flexibility index (Phi) is 5.53. The van der Waals surface area contributed by atoms with Crippen LogP contribution in [0.4, 0.5) is 8.78 Å². The van der Waals surface area contributed by atoms with Crippen molar-refractivity contribution in [2.75, 3.05) is 12.9 Å². The first-order chi connectivity index (χ1) is 11.2. The van der Waals surface area contributed by atoms with Crippen molar-refractivity contribution in [3.63, 3.8) is 0 Å². The van der Waals surface area contributed by atoms with E-state index in [4.69, 9.17) is 16.4 Å². The number of nitrogens with zero attached hydrogens (tertiary/aromatic N) is 3. The fourth-order valence-corrected chi connectivity index (χ4v) is 2.72. The number of rotatable bonds is 7. The minimum absolute atomic E-state index is 0.00417. The molecule has 1 heterocycles. The molecule has 7 nitrogen and oxygen atoms in total. The molecule has 0 bridgehead atoms. The van der Waals surface area contributed by atoms with Crippen molar-refractivity contribution < 1.29 is 26.6 Å². The molecule has 0 aliphatic rings. The van der Waals surface area contributed by atoms with Crippen LogP contribution >= 0.6 is 11.6 Å². The predicted octanol–water partition coefficient (Wildman–Crippen LogP) is 2.74. The minimum atomic E-state index is -3.74. The molecule has 0 spiro atoms. The summed E-state index contributed by atoms with van der Waals surface area (Å²) in [5.41, 5.74) is 1.04. The topological polar surface area (TPSA) is 85.5 Å². The minimum Gasteiger partial charge on any atom is -0.331 e. The SMILES string of the molecule is CCS(=O)(=O)N(Cc1ccc(-c2noc(C(F)(F)Cl)n2)cc1)OC. The maximum absolute atomic E-state index is 12.9. The Hall–Kier alpha value is -1.62. The lowest BCUT2D eigenvalue weighted by Crippen LogP contribution is -2.30. The third kappa shape index (κ3) is 4.26. The second-order valence-electron chi connectivity index (χ2n) is 4.66. The molecule has 1 aromatic carbocycles. The molecular formula is C13H14ClF2N3O4S. The molecule has 0 aliphatic heterocycles. The van der Waals surface area contributed by atoms with Gasteiger partial charge >= 0.3 is 11.3 Å². The van der Waals surface area contributed by atoms with Crippen molar-refractivity contribution in [3.05, 3.63) is 35.7 Å². The van der Waals surface area contributed by atoms with Crippen molar-refractivity contribution in [2.45, 2.75) is 18.9 Å². The lowest BCUT2D eigenvalue weighted by molar-refractivity contribution is -0.0554. The van der Waals surface area contributed by atoms with Gasteiger partial charge in [-0.05, 0) is 24.1 Å². The highest BCUT2D eigenvalue weighted by atomic mass is 35.5. The largest absolute Gasteiger partial charge is 0.400 e. The van der Waals surface area contributed by atoms with E-state index in [1.807, 2.05) is 0 Å². The molecule has 11 heteroatoms. The number of benzene rings is 1. The molecule has 0 aliphatic carbocycles. The van der Waals surface area contributed by atoms with E-state index in [0.717, 1.165) is 4.47 Å². The zero-order valence-electron chi connectivity index (χ0n) is 12.7.